The van der Waals surface area contributed by atoms with Gasteiger partial charge in [0.05, 0.1) is 0 Å². The minimum atomic E-state index is -0.463. The Balaban J connectivity index is 1.51. The van der Waals surface area contributed by atoms with Gasteiger partial charge in [0.15, 0.2) is 11.4 Å². The Kier molecular flexibility index (Phi) is 5.54. The molecule has 0 unspecified atom stereocenters. The Morgan fingerprint density at radius 3 is 2.25 bits per heavy atom. The van der Waals surface area contributed by atoms with Crippen molar-refractivity contribution in [2.45, 2.75) is 12.8 Å². The largest absolute Gasteiger partial charge is 0.337 e. The van der Waals surface area contributed by atoms with Crippen molar-refractivity contribution in [2.24, 2.45) is 11.8 Å². The van der Waals surface area contributed by atoms with Gasteiger partial charge in [-0.15, -0.1) is 0 Å². The molecule has 2 fully saturated rings. The van der Waals surface area contributed by atoms with Gasteiger partial charge in [0, 0.05) is 36.2 Å². The van der Waals surface area contributed by atoms with Crippen LogP contribution in [0.4, 0.5) is 5.69 Å². The molecule has 2 aliphatic heterocycles. The number of carbonyl (C=O) groups is 2. The molecule has 0 aliphatic carbocycles. The molecule has 8 heteroatoms. The van der Waals surface area contributed by atoms with Gasteiger partial charge in [0.25, 0.3) is 11.8 Å². The first kappa shape index (κ1) is 18.8. The Labute approximate surface area is 168 Å². The van der Waals surface area contributed by atoms with Crippen molar-refractivity contribution < 1.29 is 9.59 Å². The van der Waals surface area contributed by atoms with Gasteiger partial charge in [-0.25, -0.2) is 9.97 Å². The fraction of sp³-hybridized carbons (Fsp3) is 0.400. The van der Waals surface area contributed by atoms with Crippen molar-refractivity contribution in [3.8, 4) is 0 Å². The number of carbonyl (C=O) groups excluding carboxylic acids is 2. The highest BCUT2D eigenvalue weighted by Gasteiger charge is 2.33. The SMILES string of the molecule is O=C(Nc1ccc(Cl)cc1)c1nccnc1C(=O)N1CC[C@@H]2CNC[C@@H]2CC1. The van der Waals surface area contributed by atoms with Gasteiger partial charge < -0.3 is 15.5 Å². The zero-order chi connectivity index (χ0) is 19.5. The number of nitrogens with one attached hydrogen (secondary N) is 2. The molecule has 0 spiro atoms. The summed E-state index contributed by atoms with van der Waals surface area (Å²) in [7, 11) is 0. The third-order valence-corrected chi connectivity index (χ3v) is 5.78. The van der Waals surface area contributed by atoms with E-state index < -0.39 is 5.91 Å². The van der Waals surface area contributed by atoms with Crippen molar-refractivity contribution >= 4 is 29.1 Å². The first-order valence-electron chi connectivity index (χ1n) is 9.50. The number of fused-ring (bicyclic) bond motifs is 1. The number of benzene rings is 1. The van der Waals surface area contributed by atoms with Crippen LogP contribution in [-0.2, 0) is 0 Å². The average Bonchev–Trinajstić information content (AvgIpc) is 3.07. The predicted octanol–water partition coefficient (Wildman–Crippen LogP) is 2.45. The summed E-state index contributed by atoms with van der Waals surface area (Å²) < 4.78 is 0. The van der Waals surface area contributed by atoms with Crippen molar-refractivity contribution in [3.63, 3.8) is 0 Å². The highest BCUT2D eigenvalue weighted by Crippen LogP contribution is 2.27. The first-order chi connectivity index (χ1) is 13.6. The summed E-state index contributed by atoms with van der Waals surface area (Å²) >= 11 is 5.88. The van der Waals surface area contributed by atoms with Crippen molar-refractivity contribution in [1.82, 2.24) is 20.2 Å². The predicted molar refractivity (Wildman–Crippen MR) is 106 cm³/mol. The maximum Gasteiger partial charge on any atom is 0.276 e. The van der Waals surface area contributed by atoms with Crippen LogP contribution in [0.15, 0.2) is 36.7 Å². The first-order valence-corrected chi connectivity index (χ1v) is 9.87. The Morgan fingerprint density at radius 1 is 1.00 bits per heavy atom. The third-order valence-electron chi connectivity index (χ3n) is 5.52. The van der Waals surface area contributed by atoms with E-state index in [0.29, 0.717) is 35.6 Å². The van der Waals surface area contributed by atoms with Gasteiger partial charge in [-0.05, 0) is 62.0 Å². The highest BCUT2D eigenvalue weighted by molar-refractivity contribution is 6.30. The van der Waals surface area contributed by atoms with E-state index in [1.807, 2.05) is 0 Å². The number of anilines is 1. The Bertz CT molecular complexity index is 859. The molecule has 7 nitrogen and oxygen atoms in total. The monoisotopic (exact) mass is 399 g/mol. The lowest BCUT2D eigenvalue weighted by Gasteiger charge is -2.21. The molecule has 0 bridgehead atoms. The fourth-order valence-corrected chi connectivity index (χ4v) is 4.08. The van der Waals surface area contributed by atoms with Crippen LogP contribution in [0.5, 0.6) is 0 Å². The Hall–Kier alpha value is -2.51. The fourth-order valence-electron chi connectivity index (χ4n) is 3.96. The van der Waals surface area contributed by atoms with E-state index in [1.54, 1.807) is 29.2 Å². The standard InChI is InChI=1S/C20H22ClN5O2/c21-15-1-3-16(4-2-15)25-19(27)17-18(24-8-7-23-17)20(28)26-9-5-13-11-22-12-14(13)6-10-26/h1-4,7-8,13-14,22H,5-6,9-12H2,(H,25,27)/t13-,14+. The summed E-state index contributed by atoms with van der Waals surface area (Å²) in [6, 6.07) is 6.76. The number of halogens is 1. The van der Waals surface area contributed by atoms with E-state index in [9.17, 15) is 9.59 Å². The van der Waals surface area contributed by atoms with Crippen LogP contribution in [0.1, 0.15) is 33.8 Å². The van der Waals surface area contributed by atoms with Crippen LogP contribution < -0.4 is 10.6 Å². The van der Waals surface area contributed by atoms with E-state index in [-0.39, 0.29) is 17.3 Å². The molecule has 28 heavy (non-hydrogen) atoms. The lowest BCUT2D eigenvalue weighted by Crippen LogP contribution is -2.35. The van der Waals surface area contributed by atoms with Gasteiger partial charge in [-0.3, -0.25) is 9.59 Å². The lowest BCUT2D eigenvalue weighted by atomic mass is 9.92. The molecule has 146 valence electrons. The minimum Gasteiger partial charge on any atom is -0.337 e. The molecule has 3 heterocycles. The van der Waals surface area contributed by atoms with Crippen LogP contribution in [0.2, 0.25) is 5.02 Å². The molecule has 2 amide bonds. The molecule has 0 saturated carbocycles. The second-order valence-corrected chi connectivity index (χ2v) is 7.70. The van der Waals surface area contributed by atoms with Crippen LogP contribution in [0, 0.1) is 11.8 Å². The molecule has 2 aliphatic rings. The zero-order valence-corrected chi connectivity index (χ0v) is 16.2. The number of likely N-dealkylation sites (tertiary alicyclic amines) is 1. The van der Waals surface area contributed by atoms with Gasteiger partial charge in [-0.1, -0.05) is 11.6 Å². The molecule has 2 saturated heterocycles. The van der Waals surface area contributed by atoms with Gasteiger partial charge in [-0.2, -0.15) is 0 Å². The number of hydrogen-bond donors (Lipinski definition) is 2. The average molecular weight is 400 g/mol. The molecular formula is C20H22ClN5O2. The second-order valence-electron chi connectivity index (χ2n) is 7.26. The molecule has 2 atom stereocenters. The minimum absolute atomic E-state index is 0.0357. The summed E-state index contributed by atoms with van der Waals surface area (Å²) in [6.07, 6.45) is 4.81. The molecular weight excluding hydrogens is 378 g/mol. The van der Waals surface area contributed by atoms with Gasteiger partial charge in [0.1, 0.15) is 0 Å². The molecule has 4 rings (SSSR count). The molecule has 0 radical (unpaired) electrons. The van der Waals surface area contributed by atoms with Crippen molar-refractivity contribution in [3.05, 3.63) is 53.1 Å². The smallest absolute Gasteiger partial charge is 0.276 e. The zero-order valence-electron chi connectivity index (χ0n) is 15.4. The van der Waals surface area contributed by atoms with Crippen LogP contribution in [0.3, 0.4) is 0 Å². The quantitative estimate of drug-likeness (QED) is 0.827. The Morgan fingerprint density at radius 2 is 1.61 bits per heavy atom. The topological polar surface area (TPSA) is 87.2 Å². The van der Waals surface area contributed by atoms with E-state index in [2.05, 4.69) is 20.6 Å². The molecule has 1 aromatic carbocycles. The van der Waals surface area contributed by atoms with Crippen LogP contribution in [0.25, 0.3) is 0 Å². The summed E-state index contributed by atoms with van der Waals surface area (Å²) in [6.45, 7) is 3.40. The van der Waals surface area contributed by atoms with E-state index in [1.165, 1.54) is 12.4 Å². The van der Waals surface area contributed by atoms with Crippen LogP contribution >= 0.6 is 11.6 Å². The van der Waals surface area contributed by atoms with Crippen molar-refractivity contribution in [2.75, 3.05) is 31.5 Å². The van der Waals surface area contributed by atoms with E-state index in [0.717, 1.165) is 25.9 Å². The van der Waals surface area contributed by atoms with Crippen molar-refractivity contribution in [1.29, 1.82) is 0 Å². The summed E-state index contributed by atoms with van der Waals surface area (Å²) in [4.78, 5) is 35.9. The maximum absolute atomic E-state index is 13.1. The highest BCUT2D eigenvalue weighted by atomic mass is 35.5. The van der Waals surface area contributed by atoms with E-state index >= 15 is 0 Å². The molecule has 2 N–H and O–H groups in total. The number of aromatic nitrogens is 2. The number of hydrogen-bond acceptors (Lipinski definition) is 5. The van der Waals surface area contributed by atoms with E-state index in [4.69, 9.17) is 11.6 Å². The summed E-state index contributed by atoms with van der Waals surface area (Å²) in [5.41, 5.74) is 0.709. The van der Waals surface area contributed by atoms with Gasteiger partial charge >= 0.3 is 0 Å². The molecule has 1 aromatic heterocycles. The summed E-state index contributed by atoms with van der Waals surface area (Å²) in [5.74, 6) is 0.539. The lowest BCUT2D eigenvalue weighted by molar-refractivity contribution is 0.0746. The third kappa shape index (κ3) is 4.00. The normalized spacial score (nSPS) is 21.7. The van der Waals surface area contributed by atoms with Gasteiger partial charge in [0.2, 0.25) is 0 Å². The molecule has 2 aromatic rings. The maximum atomic E-state index is 13.1. The number of nitrogens with zero attached hydrogens (tertiary/aromatic N) is 3. The summed E-state index contributed by atoms with van der Waals surface area (Å²) in [5, 5.41) is 6.76. The second kappa shape index (κ2) is 8.24. The van der Waals surface area contributed by atoms with Crippen LogP contribution in [-0.4, -0.2) is 52.9 Å². The number of rotatable bonds is 3. The number of amides is 2.